The average Bonchev–Trinajstić information content (AvgIpc) is 3.17. The monoisotopic (exact) mass is 258 g/mol. The van der Waals surface area contributed by atoms with E-state index in [-0.39, 0.29) is 25.0 Å². The lowest BCUT2D eigenvalue weighted by atomic mass is 9.87. The van der Waals surface area contributed by atoms with Crippen molar-refractivity contribution in [2.45, 2.75) is 32.8 Å². The summed E-state index contributed by atoms with van der Waals surface area (Å²) in [5.41, 5.74) is -0.874. The van der Waals surface area contributed by atoms with Crippen LogP contribution in [0.15, 0.2) is 0 Å². The fraction of sp³-hybridized carbons (Fsp3) is 0.833. The van der Waals surface area contributed by atoms with Gasteiger partial charge >= 0.3 is 0 Å². The van der Waals surface area contributed by atoms with Crippen LogP contribution in [0.5, 0.6) is 0 Å². The molecule has 0 heterocycles. The van der Waals surface area contributed by atoms with Gasteiger partial charge in [-0.1, -0.05) is 13.8 Å². The molecule has 1 fully saturated rings. The van der Waals surface area contributed by atoms with Crippen LogP contribution in [0.3, 0.4) is 0 Å². The first-order valence-electron chi connectivity index (χ1n) is 6.23. The van der Waals surface area contributed by atoms with E-state index < -0.39 is 17.4 Å². The van der Waals surface area contributed by atoms with E-state index in [1.807, 2.05) is 0 Å². The van der Waals surface area contributed by atoms with Crippen LogP contribution in [-0.4, -0.2) is 47.8 Å². The summed E-state index contributed by atoms with van der Waals surface area (Å²) < 4.78 is 0. The molecule has 1 atom stereocenters. The van der Waals surface area contributed by atoms with Gasteiger partial charge in [0.25, 0.3) is 0 Å². The van der Waals surface area contributed by atoms with Crippen molar-refractivity contribution in [1.29, 1.82) is 0 Å². The van der Waals surface area contributed by atoms with Gasteiger partial charge in [-0.05, 0) is 12.8 Å². The van der Waals surface area contributed by atoms with Gasteiger partial charge in [0.2, 0.25) is 11.8 Å². The maximum Gasteiger partial charge on any atom is 0.249 e. The van der Waals surface area contributed by atoms with Crippen molar-refractivity contribution in [2.75, 3.05) is 19.7 Å². The maximum absolute atomic E-state index is 11.6. The van der Waals surface area contributed by atoms with E-state index >= 15 is 0 Å². The van der Waals surface area contributed by atoms with E-state index in [1.165, 1.54) is 0 Å². The molecule has 0 bridgehead atoms. The van der Waals surface area contributed by atoms with E-state index in [2.05, 4.69) is 10.6 Å². The molecule has 104 valence electrons. The molecule has 0 radical (unpaired) electrons. The zero-order chi connectivity index (χ0) is 13.8. The van der Waals surface area contributed by atoms with Crippen LogP contribution in [0.25, 0.3) is 0 Å². The Balaban J connectivity index is 2.18. The quantitative estimate of drug-likeness (QED) is 0.441. The lowest BCUT2D eigenvalue weighted by Crippen LogP contribution is -2.47. The molecule has 1 aliphatic rings. The molecular formula is C12H22N2O4. The molecule has 6 nitrogen and oxygen atoms in total. The molecule has 6 heteroatoms. The lowest BCUT2D eigenvalue weighted by molar-refractivity contribution is -0.137. The minimum atomic E-state index is -1.26. The largest absolute Gasteiger partial charge is 0.396 e. The number of rotatable bonds is 7. The lowest BCUT2D eigenvalue weighted by Gasteiger charge is -2.27. The van der Waals surface area contributed by atoms with Crippen LogP contribution in [0.1, 0.15) is 26.7 Å². The van der Waals surface area contributed by atoms with E-state index in [0.29, 0.717) is 6.54 Å². The summed E-state index contributed by atoms with van der Waals surface area (Å²) in [7, 11) is 0. The van der Waals surface area contributed by atoms with Crippen LogP contribution in [0.4, 0.5) is 0 Å². The van der Waals surface area contributed by atoms with E-state index in [0.717, 1.165) is 12.8 Å². The third-order valence-corrected chi connectivity index (χ3v) is 3.07. The van der Waals surface area contributed by atoms with Crippen molar-refractivity contribution in [3.63, 3.8) is 0 Å². The van der Waals surface area contributed by atoms with Crippen LogP contribution < -0.4 is 10.6 Å². The molecule has 0 aromatic heterocycles. The Morgan fingerprint density at radius 2 is 1.83 bits per heavy atom. The van der Waals surface area contributed by atoms with E-state index in [9.17, 15) is 14.7 Å². The van der Waals surface area contributed by atoms with E-state index in [4.69, 9.17) is 5.11 Å². The van der Waals surface area contributed by atoms with Gasteiger partial charge < -0.3 is 20.8 Å². The van der Waals surface area contributed by atoms with Crippen LogP contribution in [0.2, 0.25) is 0 Å². The maximum atomic E-state index is 11.6. The van der Waals surface area contributed by atoms with Gasteiger partial charge in [0.1, 0.15) is 6.10 Å². The van der Waals surface area contributed by atoms with Gasteiger partial charge in [0.15, 0.2) is 0 Å². The number of hydrogen-bond donors (Lipinski definition) is 4. The van der Waals surface area contributed by atoms with E-state index in [1.54, 1.807) is 13.8 Å². The number of amides is 2. The predicted molar refractivity (Wildman–Crippen MR) is 65.6 cm³/mol. The first-order chi connectivity index (χ1) is 8.38. The van der Waals surface area contributed by atoms with Gasteiger partial charge in [-0.2, -0.15) is 0 Å². The van der Waals surface area contributed by atoms with Gasteiger partial charge in [-0.3, -0.25) is 9.59 Å². The van der Waals surface area contributed by atoms with Crippen molar-refractivity contribution < 1.29 is 19.8 Å². The van der Waals surface area contributed by atoms with Crippen LogP contribution >= 0.6 is 0 Å². The summed E-state index contributed by atoms with van der Waals surface area (Å²) in [6.07, 6.45) is 0.630. The second-order valence-corrected chi connectivity index (χ2v) is 5.41. The topological polar surface area (TPSA) is 98.7 Å². The number of aliphatic hydroxyl groups is 2. The van der Waals surface area contributed by atoms with Crippen molar-refractivity contribution in [2.24, 2.45) is 11.3 Å². The summed E-state index contributed by atoms with van der Waals surface area (Å²) in [5.74, 6) is -0.352. The van der Waals surface area contributed by atoms with Crippen molar-refractivity contribution >= 4 is 11.8 Å². The zero-order valence-corrected chi connectivity index (χ0v) is 10.9. The first-order valence-corrected chi connectivity index (χ1v) is 6.23. The van der Waals surface area contributed by atoms with Gasteiger partial charge in [0.05, 0.1) is 6.61 Å². The summed E-state index contributed by atoms with van der Waals surface area (Å²) in [5, 5.41) is 24.0. The standard InChI is InChI=1S/C12H22N2O4/c1-12(2,7-15)9(16)11(18)14-6-5-13-10(17)8-3-4-8/h8-9,15-16H,3-7H2,1-2H3,(H,13,17)(H,14,18)/t9-/m0/s1. The Hall–Kier alpha value is -1.14. The summed E-state index contributed by atoms with van der Waals surface area (Å²) in [4.78, 5) is 22.8. The molecule has 0 spiro atoms. The summed E-state index contributed by atoms with van der Waals surface area (Å²) in [6, 6.07) is 0. The second-order valence-electron chi connectivity index (χ2n) is 5.41. The molecule has 18 heavy (non-hydrogen) atoms. The molecule has 1 aliphatic carbocycles. The summed E-state index contributed by atoms with van der Waals surface area (Å²) in [6.45, 7) is 3.56. The number of nitrogens with one attached hydrogen (secondary N) is 2. The van der Waals surface area contributed by atoms with Gasteiger partial charge in [0, 0.05) is 24.4 Å². The van der Waals surface area contributed by atoms with Gasteiger partial charge in [-0.25, -0.2) is 0 Å². The zero-order valence-electron chi connectivity index (χ0n) is 10.9. The minimum absolute atomic E-state index is 0.0282. The highest BCUT2D eigenvalue weighted by Crippen LogP contribution is 2.28. The second kappa shape index (κ2) is 6.15. The Morgan fingerprint density at radius 1 is 1.28 bits per heavy atom. The fourth-order valence-corrected chi connectivity index (χ4v) is 1.40. The van der Waals surface area contributed by atoms with Crippen molar-refractivity contribution in [3.8, 4) is 0 Å². The third-order valence-electron chi connectivity index (χ3n) is 3.07. The smallest absolute Gasteiger partial charge is 0.249 e. The summed E-state index contributed by atoms with van der Waals surface area (Å²) >= 11 is 0. The first kappa shape index (κ1) is 14.9. The molecule has 4 N–H and O–H groups in total. The molecule has 0 aromatic carbocycles. The highest BCUT2D eigenvalue weighted by Gasteiger charge is 2.33. The SMILES string of the molecule is CC(C)(CO)[C@@H](O)C(=O)NCCNC(=O)C1CC1. The minimum Gasteiger partial charge on any atom is -0.396 e. The highest BCUT2D eigenvalue weighted by atomic mass is 16.3. The predicted octanol–water partition coefficient (Wildman–Crippen LogP) is -0.992. The Bertz CT molecular complexity index is 313. The number of carbonyl (C=O) groups is 2. The molecule has 1 rings (SSSR count). The normalized spacial score (nSPS) is 17.1. The molecule has 0 unspecified atom stereocenters. The molecule has 0 saturated heterocycles. The molecule has 0 aromatic rings. The Labute approximate surface area is 107 Å². The van der Waals surface area contributed by atoms with Gasteiger partial charge in [-0.15, -0.1) is 0 Å². The van der Waals surface area contributed by atoms with Crippen LogP contribution in [0, 0.1) is 11.3 Å². The van der Waals surface area contributed by atoms with Crippen molar-refractivity contribution in [1.82, 2.24) is 10.6 Å². The molecule has 1 saturated carbocycles. The number of hydrogen-bond acceptors (Lipinski definition) is 4. The molecule has 2 amide bonds. The fourth-order valence-electron chi connectivity index (χ4n) is 1.40. The Kier molecular flexibility index (Phi) is 5.10. The Morgan fingerprint density at radius 3 is 2.33 bits per heavy atom. The number of aliphatic hydroxyl groups excluding tert-OH is 2. The molecular weight excluding hydrogens is 236 g/mol. The van der Waals surface area contributed by atoms with Crippen molar-refractivity contribution in [3.05, 3.63) is 0 Å². The highest BCUT2D eigenvalue weighted by molar-refractivity contribution is 5.82. The average molecular weight is 258 g/mol. The molecule has 0 aliphatic heterocycles. The van der Waals surface area contributed by atoms with Crippen LogP contribution in [-0.2, 0) is 9.59 Å². The number of carbonyl (C=O) groups excluding carboxylic acids is 2. The third kappa shape index (κ3) is 4.27.